The Morgan fingerprint density at radius 3 is 2.40 bits per heavy atom. The molecule has 0 aromatic heterocycles. The molecule has 1 rings (SSSR count). The van der Waals surface area contributed by atoms with Gasteiger partial charge in [-0.1, -0.05) is 15.9 Å². The van der Waals surface area contributed by atoms with Crippen LogP contribution in [-0.4, -0.2) is 45.3 Å². The van der Waals surface area contributed by atoms with Crippen LogP contribution < -0.4 is 0 Å². The normalized spacial score (nSPS) is 49.2. The van der Waals surface area contributed by atoms with Crippen molar-refractivity contribution in [2.24, 2.45) is 0 Å². The van der Waals surface area contributed by atoms with Crippen molar-refractivity contribution < 1.29 is 20.1 Å². The van der Waals surface area contributed by atoms with E-state index in [1.807, 2.05) is 0 Å². The van der Waals surface area contributed by atoms with Gasteiger partial charge in [0.25, 0.3) is 0 Å². The third kappa shape index (κ3) is 1.49. The first kappa shape index (κ1) is 8.42. The third-order valence-corrected chi connectivity index (χ3v) is 2.42. The lowest BCUT2D eigenvalue weighted by atomic mass is 10.1. The second-order valence-corrected chi connectivity index (χ2v) is 3.28. The number of aliphatic hydroxyl groups is 3. The van der Waals surface area contributed by atoms with E-state index in [9.17, 15) is 0 Å². The monoisotopic (exact) mass is 212 g/mol. The van der Waals surface area contributed by atoms with E-state index >= 15 is 0 Å². The highest BCUT2D eigenvalue weighted by molar-refractivity contribution is 9.09. The van der Waals surface area contributed by atoms with Gasteiger partial charge in [-0.25, -0.2) is 0 Å². The third-order valence-electron chi connectivity index (χ3n) is 1.43. The quantitative estimate of drug-likeness (QED) is 0.443. The number of ether oxygens (including phenoxy) is 1. The Balaban J connectivity index is 2.52. The van der Waals surface area contributed by atoms with Crippen molar-refractivity contribution in [2.45, 2.75) is 23.3 Å². The van der Waals surface area contributed by atoms with E-state index in [1.54, 1.807) is 0 Å². The summed E-state index contributed by atoms with van der Waals surface area (Å²) >= 11 is 2.97. The standard InChI is InChI=1S/C5H9BrO4/c6-3-4(8)2(7)1-10-5(3)9/h2-5,7-9H,1H2/t2-,3+,4-,5+/m1/s1. The van der Waals surface area contributed by atoms with Crippen molar-refractivity contribution in [1.29, 1.82) is 0 Å². The van der Waals surface area contributed by atoms with Gasteiger partial charge in [0.15, 0.2) is 6.29 Å². The molecule has 0 aliphatic carbocycles. The Morgan fingerprint density at radius 2 is 1.90 bits per heavy atom. The first-order chi connectivity index (χ1) is 4.63. The molecule has 0 aromatic rings. The van der Waals surface area contributed by atoms with Crippen LogP contribution in [0.25, 0.3) is 0 Å². The van der Waals surface area contributed by atoms with Gasteiger partial charge in [0.2, 0.25) is 0 Å². The molecule has 0 amide bonds. The van der Waals surface area contributed by atoms with Gasteiger partial charge in [0.1, 0.15) is 6.10 Å². The minimum absolute atomic E-state index is 0.0234. The lowest BCUT2D eigenvalue weighted by molar-refractivity contribution is -0.186. The molecule has 4 nitrogen and oxygen atoms in total. The summed E-state index contributed by atoms with van der Waals surface area (Å²) in [7, 11) is 0. The van der Waals surface area contributed by atoms with E-state index in [4.69, 9.17) is 15.3 Å². The number of halogens is 1. The van der Waals surface area contributed by atoms with Gasteiger partial charge in [-0.05, 0) is 0 Å². The van der Waals surface area contributed by atoms with Crippen LogP contribution in [0.3, 0.4) is 0 Å². The van der Waals surface area contributed by atoms with Crippen molar-refractivity contribution in [1.82, 2.24) is 0 Å². The molecule has 0 saturated carbocycles. The Hall–Kier alpha value is 0.320. The van der Waals surface area contributed by atoms with Crippen LogP contribution in [0.2, 0.25) is 0 Å². The molecule has 0 bridgehead atoms. The van der Waals surface area contributed by atoms with Gasteiger partial charge in [-0.15, -0.1) is 0 Å². The van der Waals surface area contributed by atoms with Crippen LogP contribution >= 0.6 is 15.9 Å². The Kier molecular flexibility index (Phi) is 2.65. The number of hydrogen-bond acceptors (Lipinski definition) is 4. The molecule has 0 unspecified atom stereocenters. The zero-order chi connectivity index (χ0) is 7.72. The maximum atomic E-state index is 9.08. The van der Waals surface area contributed by atoms with E-state index < -0.39 is 23.3 Å². The van der Waals surface area contributed by atoms with Crippen LogP contribution in [0.15, 0.2) is 0 Å². The Morgan fingerprint density at radius 1 is 1.30 bits per heavy atom. The number of hydrogen-bond donors (Lipinski definition) is 3. The average molecular weight is 213 g/mol. The summed E-state index contributed by atoms with van der Waals surface area (Å²) in [6, 6.07) is 0. The zero-order valence-electron chi connectivity index (χ0n) is 5.14. The fourth-order valence-corrected chi connectivity index (χ4v) is 1.27. The fraction of sp³-hybridized carbons (Fsp3) is 1.00. The maximum Gasteiger partial charge on any atom is 0.169 e. The second kappa shape index (κ2) is 3.15. The van der Waals surface area contributed by atoms with E-state index in [1.165, 1.54) is 0 Å². The van der Waals surface area contributed by atoms with Crippen molar-refractivity contribution >= 4 is 15.9 Å². The highest BCUT2D eigenvalue weighted by Gasteiger charge is 2.35. The minimum atomic E-state index is -1.03. The van der Waals surface area contributed by atoms with E-state index in [0.29, 0.717) is 0 Å². The summed E-state index contributed by atoms with van der Waals surface area (Å²) in [4.78, 5) is -0.601. The van der Waals surface area contributed by atoms with E-state index in [0.717, 1.165) is 0 Å². The Bertz CT molecular complexity index is 106. The molecule has 60 valence electrons. The summed E-state index contributed by atoms with van der Waals surface area (Å²) in [5.41, 5.74) is 0. The largest absolute Gasteiger partial charge is 0.389 e. The lowest BCUT2D eigenvalue weighted by Gasteiger charge is -2.31. The second-order valence-electron chi connectivity index (χ2n) is 2.23. The molecule has 3 N–H and O–H groups in total. The molecule has 0 spiro atoms. The predicted octanol–water partition coefficient (Wildman–Crippen LogP) is -1.18. The molecule has 4 atom stereocenters. The van der Waals surface area contributed by atoms with Gasteiger partial charge >= 0.3 is 0 Å². The van der Waals surface area contributed by atoms with Crippen molar-refractivity contribution in [3.8, 4) is 0 Å². The highest BCUT2D eigenvalue weighted by atomic mass is 79.9. The molecule has 10 heavy (non-hydrogen) atoms. The summed E-state index contributed by atoms with van der Waals surface area (Å²) < 4.78 is 4.67. The fourth-order valence-electron chi connectivity index (χ4n) is 0.769. The lowest BCUT2D eigenvalue weighted by Crippen LogP contribution is -2.49. The molecular formula is C5H9BrO4. The molecule has 1 saturated heterocycles. The smallest absolute Gasteiger partial charge is 0.169 e. The van der Waals surface area contributed by atoms with Crippen LogP contribution in [0, 0.1) is 0 Å². The van der Waals surface area contributed by atoms with Crippen LogP contribution in [-0.2, 0) is 4.74 Å². The first-order valence-corrected chi connectivity index (χ1v) is 3.84. The number of rotatable bonds is 0. The molecule has 1 aliphatic heterocycles. The SMILES string of the molecule is O[C@H]1[C@H](Br)[C@@H](O)OC[C@H]1O. The molecule has 0 radical (unpaired) electrons. The van der Waals surface area contributed by atoms with Crippen LogP contribution in [0.1, 0.15) is 0 Å². The van der Waals surface area contributed by atoms with Gasteiger partial charge in [-0.3, -0.25) is 0 Å². The average Bonchev–Trinajstić information content (AvgIpc) is 1.93. The van der Waals surface area contributed by atoms with Crippen molar-refractivity contribution in [3.05, 3.63) is 0 Å². The predicted molar refractivity (Wildman–Crippen MR) is 36.7 cm³/mol. The van der Waals surface area contributed by atoms with Gasteiger partial charge < -0.3 is 20.1 Å². The van der Waals surface area contributed by atoms with Crippen LogP contribution in [0.4, 0.5) is 0 Å². The van der Waals surface area contributed by atoms with Gasteiger partial charge in [0.05, 0.1) is 17.5 Å². The van der Waals surface area contributed by atoms with E-state index in [-0.39, 0.29) is 6.61 Å². The number of aliphatic hydroxyl groups excluding tert-OH is 3. The Labute approximate surface area is 66.6 Å². The van der Waals surface area contributed by atoms with Crippen LogP contribution in [0.5, 0.6) is 0 Å². The topological polar surface area (TPSA) is 69.9 Å². The minimum Gasteiger partial charge on any atom is -0.389 e. The van der Waals surface area contributed by atoms with E-state index in [2.05, 4.69) is 20.7 Å². The van der Waals surface area contributed by atoms with Crippen molar-refractivity contribution in [2.75, 3.05) is 6.61 Å². The van der Waals surface area contributed by atoms with Crippen molar-refractivity contribution in [3.63, 3.8) is 0 Å². The molecule has 1 heterocycles. The summed E-state index contributed by atoms with van der Waals surface area (Å²) in [6.07, 6.45) is -2.89. The molecular weight excluding hydrogens is 204 g/mol. The summed E-state index contributed by atoms with van der Waals surface area (Å²) in [6.45, 7) is -0.0234. The van der Waals surface area contributed by atoms with Gasteiger partial charge in [-0.2, -0.15) is 0 Å². The highest BCUT2D eigenvalue weighted by Crippen LogP contribution is 2.20. The molecule has 0 aromatic carbocycles. The first-order valence-electron chi connectivity index (χ1n) is 2.93. The molecule has 1 fully saturated rings. The zero-order valence-corrected chi connectivity index (χ0v) is 6.73. The maximum absolute atomic E-state index is 9.08. The molecule has 1 aliphatic rings. The summed E-state index contributed by atoms with van der Waals surface area (Å²) in [5.74, 6) is 0. The number of alkyl halides is 1. The van der Waals surface area contributed by atoms with Gasteiger partial charge in [0, 0.05) is 0 Å². The molecule has 5 heteroatoms. The summed E-state index contributed by atoms with van der Waals surface area (Å²) in [5, 5.41) is 27.0.